The lowest BCUT2D eigenvalue weighted by atomic mass is 9.83. The quantitative estimate of drug-likeness (QED) is 0.0410. The molecule has 3 heterocycles. The fraction of sp³-hybridized carbons (Fsp3) is 0.500. The van der Waals surface area contributed by atoms with E-state index in [1.54, 1.807) is 19.4 Å². The number of nitriles is 1. The number of methoxy groups -OCH3 is 1. The lowest BCUT2D eigenvalue weighted by Crippen LogP contribution is -2.58. The molecule has 0 fully saturated rings. The maximum absolute atomic E-state index is 14.1. The van der Waals surface area contributed by atoms with Gasteiger partial charge in [-0.3, -0.25) is 4.90 Å². The fourth-order valence-corrected chi connectivity index (χ4v) is 8.94. The number of aryl methyl sites for hydroxylation is 1. The van der Waals surface area contributed by atoms with E-state index in [1.807, 2.05) is 30.9 Å². The number of nitrogens with zero attached hydrogens (tertiary/aromatic N) is 3. The molecule has 0 aromatic heterocycles. The van der Waals surface area contributed by atoms with E-state index in [9.17, 15) is 19.6 Å². The Labute approximate surface area is 396 Å². The highest BCUT2D eigenvalue weighted by Gasteiger charge is 2.49. The second-order valence-electron chi connectivity index (χ2n) is 16.9. The number of carbonyl (C=O) groups is 3. The van der Waals surface area contributed by atoms with Crippen LogP contribution in [-0.4, -0.2) is 104 Å². The number of benzene rings is 2. The average molecular weight is 982 g/mol. The molecule has 0 spiro atoms. The minimum atomic E-state index is -2.38. The third-order valence-corrected chi connectivity index (χ3v) is 16.5. The molecular weight excluding hydrogens is 927 g/mol. The highest BCUT2D eigenvalue weighted by atomic mass is 35.6. The molecule has 2 amide bonds. The van der Waals surface area contributed by atoms with Crippen LogP contribution in [0.5, 0.6) is 28.7 Å². The zero-order valence-electron chi connectivity index (χ0n) is 37.2. The van der Waals surface area contributed by atoms with Crippen molar-refractivity contribution in [1.29, 1.82) is 5.26 Å². The number of hydrogen-bond donors (Lipinski definition) is 2. The normalized spacial score (nSPS) is 18.3. The van der Waals surface area contributed by atoms with E-state index >= 15 is 0 Å². The molecule has 2 aromatic carbocycles. The van der Waals surface area contributed by atoms with Crippen molar-refractivity contribution in [3.8, 4) is 34.8 Å². The molecule has 1 N–H and O–H groups in total. The lowest BCUT2D eigenvalue weighted by molar-refractivity contribution is -0.147. The summed E-state index contributed by atoms with van der Waals surface area (Å²) in [4.78, 5) is 43.8. The van der Waals surface area contributed by atoms with Crippen molar-refractivity contribution < 1.29 is 52.0 Å². The number of allylic oxidation sites excluding steroid dienone is 1. The Morgan fingerprint density at radius 1 is 1.06 bits per heavy atom. The van der Waals surface area contributed by atoms with Gasteiger partial charge in [-0.2, -0.15) is 17.9 Å². The van der Waals surface area contributed by atoms with E-state index in [0.29, 0.717) is 51.1 Å². The van der Waals surface area contributed by atoms with Gasteiger partial charge in [0.1, 0.15) is 50.0 Å². The standard InChI is InChI=1S/C44H55Cl3N4O11SSi/c1-11-13-56-37-26(4)38-39(61-24-60-38)35-29(37)18-28-20-50(42(54)57-14-12-2)31(16-27-15-25(3)36(55-8)34(17-27)62-64(9,10)43(5,6)7)32(19-48)51(28)33(35)21-58-40(52)30(22-63)49-41(53)59-23-44(45,46)47/h11-12,15,17,20,30-33,63H,1-2,13-14,16,18,21-24H2,3-10H3,(H,49,53)/t30-,31-,32-,33-/m0/s1. The summed E-state index contributed by atoms with van der Waals surface area (Å²) in [7, 11) is -0.786. The first-order chi connectivity index (χ1) is 30.1. The van der Waals surface area contributed by atoms with Gasteiger partial charge in [0.15, 0.2) is 17.2 Å². The van der Waals surface area contributed by atoms with E-state index in [1.165, 1.54) is 11.0 Å². The molecule has 20 heteroatoms. The summed E-state index contributed by atoms with van der Waals surface area (Å²) < 4.78 is 45.8. The summed E-state index contributed by atoms with van der Waals surface area (Å²) in [5.41, 5.74) is 3.93. The molecule has 5 rings (SSSR count). The molecule has 3 aliphatic heterocycles. The van der Waals surface area contributed by atoms with Crippen molar-refractivity contribution in [3.05, 3.63) is 77.2 Å². The second kappa shape index (κ2) is 20.7. The summed E-state index contributed by atoms with van der Waals surface area (Å²) in [5, 5.41) is 13.6. The zero-order valence-corrected chi connectivity index (χ0v) is 41.3. The van der Waals surface area contributed by atoms with Crippen molar-refractivity contribution in [2.75, 3.05) is 46.1 Å². The van der Waals surface area contributed by atoms with Crippen molar-refractivity contribution in [1.82, 2.24) is 15.1 Å². The Hall–Kier alpha value is -4.60. The number of nitrogens with one attached hydrogen (secondary N) is 1. The molecular formula is C44H55Cl3N4O11SSi. The van der Waals surface area contributed by atoms with E-state index in [-0.39, 0.29) is 50.2 Å². The first kappa shape index (κ1) is 50.4. The van der Waals surface area contributed by atoms with Crippen molar-refractivity contribution in [2.45, 2.75) is 93.6 Å². The van der Waals surface area contributed by atoms with Crippen LogP contribution in [0, 0.1) is 25.2 Å². The first-order valence-corrected chi connectivity index (χ1v) is 25.1. The summed E-state index contributed by atoms with van der Waals surface area (Å²) in [6.07, 6.45) is 3.27. The van der Waals surface area contributed by atoms with Crippen molar-refractivity contribution >= 4 is 73.9 Å². The number of ether oxygens (including phenoxy) is 7. The van der Waals surface area contributed by atoms with Gasteiger partial charge in [0.05, 0.1) is 25.3 Å². The summed E-state index contributed by atoms with van der Waals surface area (Å²) in [5.74, 6) is 1.37. The van der Waals surface area contributed by atoms with E-state index in [0.717, 1.165) is 11.1 Å². The number of alkyl halides is 3. The number of hydrogen-bond acceptors (Lipinski definition) is 14. The molecule has 0 bridgehead atoms. The van der Waals surface area contributed by atoms with Crippen LogP contribution in [0.15, 0.2) is 49.3 Å². The number of esters is 1. The van der Waals surface area contributed by atoms with Crippen LogP contribution in [0.25, 0.3) is 0 Å². The predicted molar refractivity (Wildman–Crippen MR) is 249 cm³/mol. The Kier molecular flexibility index (Phi) is 16.3. The molecule has 0 unspecified atom stereocenters. The number of fused-ring (bicyclic) bond motifs is 4. The molecule has 2 aromatic rings. The molecule has 64 heavy (non-hydrogen) atoms. The predicted octanol–water partition coefficient (Wildman–Crippen LogP) is 8.81. The number of carbonyl (C=O) groups excluding carboxylic acids is 3. The SMILES string of the molecule is C=CCOC(=O)N1C=C2Cc3c(OCC=C)c(C)c4c(c3[C@H](COC(=O)[C@H](CS)NC(=O)OCC(Cl)(Cl)Cl)N2[C@@H](C#N)[C@@H]1Cc1cc(C)c(OC)c(O[Si](C)(C)C(C)(C)C)c1)OCO4. The third kappa shape index (κ3) is 11.1. The molecule has 3 aliphatic rings. The molecule has 4 atom stereocenters. The molecule has 0 saturated carbocycles. The second-order valence-corrected chi connectivity index (χ2v) is 24.5. The number of halogens is 3. The smallest absolute Gasteiger partial charge is 0.414 e. The maximum Gasteiger partial charge on any atom is 0.414 e. The van der Waals surface area contributed by atoms with Crippen LogP contribution in [0.2, 0.25) is 18.1 Å². The van der Waals surface area contributed by atoms with Crippen LogP contribution in [-0.2, 0) is 31.8 Å². The summed E-state index contributed by atoms with van der Waals surface area (Å²) in [6, 6.07) is 2.11. The van der Waals surface area contributed by atoms with Gasteiger partial charge in [-0.25, -0.2) is 14.4 Å². The minimum Gasteiger partial charge on any atom is -0.541 e. The van der Waals surface area contributed by atoms with Gasteiger partial charge in [0.2, 0.25) is 10.6 Å². The van der Waals surface area contributed by atoms with Gasteiger partial charge in [-0.05, 0) is 55.6 Å². The average Bonchev–Trinajstić information content (AvgIpc) is 3.72. The monoisotopic (exact) mass is 980 g/mol. The third-order valence-electron chi connectivity index (χ3n) is 11.4. The van der Waals surface area contributed by atoms with Gasteiger partial charge in [0.25, 0.3) is 8.32 Å². The van der Waals surface area contributed by atoms with Crippen LogP contribution in [0.1, 0.15) is 54.6 Å². The van der Waals surface area contributed by atoms with Crippen LogP contribution < -0.4 is 28.7 Å². The van der Waals surface area contributed by atoms with Crippen LogP contribution in [0.4, 0.5) is 9.59 Å². The van der Waals surface area contributed by atoms with E-state index in [4.69, 9.17) is 72.4 Å². The van der Waals surface area contributed by atoms with E-state index < -0.39 is 61.0 Å². The van der Waals surface area contributed by atoms with Crippen LogP contribution >= 0.6 is 47.4 Å². The van der Waals surface area contributed by atoms with Crippen molar-refractivity contribution in [2.24, 2.45) is 0 Å². The lowest BCUT2D eigenvalue weighted by Gasteiger charge is -2.50. The molecule has 348 valence electrons. The van der Waals surface area contributed by atoms with E-state index in [2.05, 4.69) is 71.0 Å². The Morgan fingerprint density at radius 3 is 2.36 bits per heavy atom. The Balaban J connectivity index is 1.65. The van der Waals surface area contributed by atoms with Gasteiger partial charge in [0, 0.05) is 40.8 Å². The minimum absolute atomic E-state index is 0.0830. The largest absolute Gasteiger partial charge is 0.541 e. The molecule has 0 radical (unpaired) electrons. The Morgan fingerprint density at radius 2 is 1.75 bits per heavy atom. The highest BCUT2D eigenvalue weighted by molar-refractivity contribution is 7.80. The van der Waals surface area contributed by atoms with Gasteiger partial charge in [-0.1, -0.05) is 87.0 Å². The maximum atomic E-state index is 14.1. The summed E-state index contributed by atoms with van der Waals surface area (Å²) in [6.45, 7) is 21.0. The number of amides is 2. The number of alkyl carbamates (subject to hydrolysis) is 1. The molecule has 15 nitrogen and oxygen atoms in total. The topological polar surface area (TPSA) is 167 Å². The van der Waals surface area contributed by atoms with Crippen LogP contribution in [0.3, 0.4) is 0 Å². The zero-order chi connectivity index (χ0) is 47.3. The van der Waals surface area contributed by atoms with Gasteiger partial charge < -0.3 is 47.8 Å². The fourth-order valence-electron chi connectivity index (χ4n) is 7.53. The van der Waals surface area contributed by atoms with Gasteiger partial charge >= 0.3 is 18.2 Å². The summed E-state index contributed by atoms with van der Waals surface area (Å²) >= 11 is 21.5. The molecule has 0 aliphatic carbocycles. The number of rotatable bonds is 16. The first-order valence-electron chi connectivity index (χ1n) is 20.4. The Bertz CT molecular complexity index is 2210. The highest BCUT2D eigenvalue weighted by Crippen LogP contribution is 2.55. The molecule has 0 saturated heterocycles. The number of thiol groups is 1. The van der Waals surface area contributed by atoms with Gasteiger partial charge in [-0.15, -0.1) is 0 Å². The van der Waals surface area contributed by atoms with Crippen molar-refractivity contribution in [3.63, 3.8) is 0 Å².